The lowest BCUT2D eigenvalue weighted by atomic mass is 9.73. The lowest BCUT2D eigenvalue weighted by Gasteiger charge is -2.34. The molecule has 0 radical (unpaired) electrons. The van der Waals surface area contributed by atoms with Gasteiger partial charge >= 0.3 is 0 Å². The van der Waals surface area contributed by atoms with E-state index in [4.69, 9.17) is 0 Å². The number of hydrogen-bond acceptors (Lipinski definition) is 3. The van der Waals surface area contributed by atoms with E-state index in [0.717, 1.165) is 66.8 Å². The highest BCUT2D eigenvalue weighted by Crippen LogP contribution is 2.68. The summed E-state index contributed by atoms with van der Waals surface area (Å²) in [7, 11) is 0. The maximum absolute atomic E-state index is 13.5. The van der Waals surface area contributed by atoms with E-state index in [1.165, 1.54) is 0 Å². The summed E-state index contributed by atoms with van der Waals surface area (Å²) in [5.41, 5.74) is 6.78. The first kappa shape index (κ1) is 27.5. The minimum Gasteiger partial charge on any atom is -0.376 e. The van der Waals surface area contributed by atoms with Gasteiger partial charge in [-0.15, -0.1) is 0 Å². The molecule has 10 rings (SSSR count). The van der Waals surface area contributed by atoms with Crippen molar-refractivity contribution in [3.63, 3.8) is 0 Å². The van der Waals surface area contributed by atoms with Crippen LogP contribution >= 0.6 is 0 Å². The van der Waals surface area contributed by atoms with E-state index in [2.05, 4.69) is 18.2 Å². The first-order chi connectivity index (χ1) is 23.5. The molecule has 228 valence electrons. The van der Waals surface area contributed by atoms with Gasteiger partial charge in [-0.1, -0.05) is 164 Å². The molecule has 7 aromatic rings. The number of rotatable bonds is 3. The lowest BCUT2D eigenvalue weighted by Crippen LogP contribution is -2.31. The Labute approximate surface area is 278 Å². The molecular weight excluding hydrogens is 588 g/mol. The zero-order valence-electron chi connectivity index (χ0n) is 25.9. The van der Waals surface area contributed by atoms with Crippen LogP contribution < -0.4 is 0 Å². The second-order valence-corrected chi connectivity index (χ2v) is 13.1. The van der Waals surface area contributed by atoms with Gasteiger partial charge in [0.25, 0.3) is 0 Å². The van der Waals surface area contributed by atoms with Gasteiger partial charge in [0, 0.05) is 33.4 Å². The summed E-state index contributed by atoms with van der Waals surface area (Å²) < 4.78 is 0. The average Bonchev–Trinajstić information content (AvgIpc) is 3.70. The SMILES string of the molecule is O[C@]1(c2ccccc2)c2ccccc2-c2c1c1c(c3c2[C@@](O)(c2ccccc2)c2ccccc2-3)[C@@](O)(c2ccccc2)c2ccccc2-1. The maximum Gasteiger partial charge on any atom is 0.142 e. The summed E-state index contributed by atoms with van der Waals surface area (Å²) >= 11 is 0. The average molecular weight is 619 g/mol. The molecule has 0 unspecified atom stereocenters. The topological polar surface area (TPSA) is 60.7 Å². The molecule has 48 heavy (non-hydrogen) atoms. The molecule has 7 aromatic carbocycles. The summed E-state index contributed by atoms with van der Waals surface area (Å²) in [6.07, 6.45) is 0. The normalized spacial score (nSPS) is 22.3. The molecule has 3 atom stereocenters. The molecule has 3 aliphatic carbocycles. The molecule has 0 aliphatic heterocycles. The summed E-state index contributed by atoms with van der Waals surface area (Å²) in [4.78, 5) is 0. The van der Waals surface area contributed by atoms with Crippen LogP contribution in [0.1, 0.15) is 50.1 Å². The molecule has 3 heteroatoms. The summed E-state index contributed by atoms with van der Waals surface area (Å²) in [5, 5.41) is 40.6. The van der Waals surface area contributed by atoms with E-state index in [0.29, 0.717) is 16.7 Å². The van der Waals surface area contributed by atoms with Gasteiger partial charge in [-0.3, -0.25) is 0 Å². The van der Waals surface area contributed by atoms with Crippen LogP contribution in [0.25, 0.3) is 33.4 Å². The largest absolute Gasteiger partial charge is 0.376 e. The number of hydrogen-bond donors (Lipinski definition) is 3. The van der Waals surface area contributed by atoms with E-state index in [1.807, 2.05) is 146 Å². The molecule has 3 N–H and O–H groups in total. The van der Waals surface area contributed by atoms with Crippen molar-refractivity contribution in [3.05, 3.63) is 214 Å². The van der Waals surface area contributed by atoms with Crippen LogP contribution in [-0.4, -0.2) is 15.3 Å². The Balaban J connectivity index is 1.50. The van der Waals surface area contributed by atoms with Gasteiger partial charge in [-0.2, -0.15) is 0 Å². The Bertz CT molecular complexity index is 2140. The van der Waals surface area contributed by atoms with E-state index < -0.39 is 16.8 Å². The van der Waals surface area contributed by atoms with Crippen LogP contribution in [0, 0.1) is 0 Å². The van der Waals surface area contributed by atoms with Crippen molar-refractivity contribution in [2.45, 2.75) is 16.8 Å². The molecule has 3 nitrogen and oxygen atoms in total. The predicted molar refractivity (Wildman–Crippen MR) is 188 cm³/mol. The van der Waals surface area contributed by atoms with Crippen molar-refractivity contribution in [2.24, 2.45) is 0 Å². The summed E-state index contributed by atoms with van der Waals surface area (Å²) in [6.45, 7) is 0. The van der Waals surface area contributed by atoms with Crippen LogP contribution in [0.5, 0.6) is 0 Å². The predicted octanol–water partition coefficient (Wildman–Crippen LogP) is 8.48. The Morgan fingerprint density at radius 2 is 0.500 bits per heavy atom. The molecular formula is C45H30O3. The molecule has 3 aliphatic rings. The van der Waals surface area contributed by atoms with Gasteiger partial charge in [0.1, 0.15) is 16.8 Å². The van der Waals surface area contributed by atoms with Gasteiger partial charge in [0.2, 0.25) is 0 Å². The lowest BCUT2D eigenvalue weighted by molar-refractivity contribution is 0.123. The highest BCUT2D eigenvalue weighted by molar-refractivity contribution is 6.05. The monoisotopic (exact) mass is 618 g/mol. The van der Waals surface area contributed by atoms with Crippen molar-refractivity contribution < 1.29 is 15.3 Å². The quantitative estimate of drug-likeness (QED) is 0.186. The number of benzene rings is 7. The third-order valence-corrected chi connectivity index (χ3v) is 10.9. The molecule has 0 saturated heterocycles. The molecule has 0 aromatic heterocycles. The van der Waals surface area contributed by atoms with Gasteiger partial charge in [0.15, 0.2) is 0 Å². The fraction of sp³-hybridized carbons (Fsp3) is 0.0667. The third-order valence-electron chi connectivity index (χ3n) is 10.9. The van der Waals surface area contributed by atoms with Crippen LogP contribution in [0.15, 0.2) is 164 Å². The minimum atomic E-state index is -1.58. The van der Waals surface area contributed by atoms with Crippen LogP contribution in [0.2, 0.25) is 0 Å². The molecule has 0 fully saturated rings. The molecule has 0 spiro atoms. The van der Waals surface area contributed by atoms with Gasteiger partial charge < -0.3 is 15.3 Å². The second kappa shape index (κ2) is 9.50. The van der Waals surface area contributed by atoms with E-state index in [1.54, 1.807) is 0 Å². The Kier molecular flexibility index (Phi) is 5.44. The number of aliphatic hydroxyl groups is 3. The molecule has 0 amide bonds. The molecule has 0 saturated carbocycles. The Morgan fingerprint density at radius 3 is 0.771 bits per heavy atom. The first-order valence-electron chi connectivity index (χ1n) is 16.4. The first-order valence-corrected chi connectivity index (χ1v) is 16.4. The second-order valence-electron chi connectivity index (χ2n) is 13.1. The van der Waals surface area contributed by atoms with Gasteiger partial charge in [-0.05, 0) is 50.1 Å². The van der Waals surface area contributed by atoms with E-state index in [-0.39, 0.29) is 0 Å². The van der Waals surface area contributed by atoms with E-state index >= 15 is 0 Å². The third kappa shape index (κ3) is 3.14. The van der Waals surface area contributed by atoms with Gasteiger partial charge in [-0.25, -0.2) is 0 Å². The summed E-state index contributed by atoms with van der Waals surface area (Å²) in [5.74, 6) is 0. The standard InChI is InChI=1S/C45H30O3/c46-43(28-16-4-1-5-17-28)34-25-13-10-22-31(34)37-40(43)38-32-23-11-14-26-35(32)44(47,29-18-6-2-7-19-29)42(38)39-33-24-12-15-27-36(33)45(48,41(37)39)30-20-8-3-9-21-30/h1-27,46-48H/t43-,44-,45-/m1/s1. The van der Waals surface area contributed by atoms with Crippen molar-refractivity contribution in [1.82, 2.24) is 0 Å². The zero-order valence-corrected chi connectivity index (χ0v) is 25.9. The maximum atomic E-state index is 13.5. The Hall–Kier alpha value is -5.58. The molecule has 0 heterocycles. The minimum absolute atomic E-state index is 0.685. The molecule has 0 bridgehead atoms. The van der Waals surface area contributed by atoms with Crippen LogP contribution in [0.4, 0.5) is 0 Å². The van der Waals surface area contributed by atoms with Gasteiger partial charge in [0.05, 0.1) is 0 Å². The fourth-order valence-electron chi connectivity index (χ4n) is 9.03. The highest BCUT2D eigenvalue weighted by Gasteiger charge is 2.58. The van der Waals surface area contributed by atoms with Crippen molar-refractivity contribution in [2.75, 3.05) is 0 Å². The van der Waals surface area contributed by atoms with Crippen LogP contribution in [0.3, 0.4) is 0 Å². The summed E-state index contributed by atoms with van der Waals surface area (Å²) in [6, 6.07) is 53.4. The Morgan fingerprint density at radius 1 is 0.271 bits per heavy atom. The van der Waals surface area contributed by atoms with Crippen molar-refractivity contribution in [3.8, 4) is 33.4 Å². The van der Waals surface area contributed by atoms with E-state index in [9.17, 15) is 15.3 Å². The number of fused-ring (bicyclic) bond motifs is 12. The van der Waals surface area contributed by atoms with Crippen molar-refractivity contribution in [1.29, 1.82) is 0 Å². The smallest absolute Gasteiger partial charge is 0.142 e. The fourth-order valence-corrected chi connectivity index (χ4v) is 9.03. The van der Waals surface area contributed by atoms with Crippen molar-refractivity contribution >= 4 is 0 Å². The zero-order chi connectivity index (χ0) is 32.3. The highest BCUT2D eigenvalue weighted by atomic mass is 16.3. The van der Waals surface area contributed by atoms with Crippen LogP contribution in [-0.2, 0) is 16.8 Å².